The number of halogens is 18. The summed E-state index contributed by atoms with van der Waals surface area (Å²) in [6, 6.07) is 2.08. The zero-order chi connectivity index (χ0) is 29.7. The summed E-state index contributed by atoms with van der Waals surface area (Å²) in [5.74, 6) is -28.5. The minimum Gasteiger partial charge on any atom is -0.318 e. The summed E-state index contributed by atoms with van der Waals surface area (Å²) >= 11 is 0. The Labute approximate surface area is 190 Å². The Morgan fingerprint density at radius 3 is 1.46 bits per heavy atom. The van der Waals surface area contributed by atoms with Gasteiger partial charge in [-0.15, -0.1) is 0 Å². The summed E-state index contributed by atoms with van der Waals surface area (Å²) in [6.45, 7) is 0. The molecule has 0 heterocycles. The van der Waals surface area contributed by atoms with Gasteiger partial charge in [0, 0.05) is 0 Å². The number of amides is 1. The maximum absolute atomic E-state index is 14.3. The smallest absolute Gasteiger partial charge is 0.318 e. The van der Waals surface area contributed by atoms with E-state index in [2.05, 4.69) is 0 Å². The quantitative estimate of drug-likeness (QED) is 0.347. The van der Waals surface area contributed by atoms with Gasteiger partial charge in [0.1, 0.15) is 5.82 Å². The largest absolute Gasteiger partial charge is 0.462 e. The van der Waals surface area contributed by atoms with Crippen LogP contribution in [-0.2, 0) is 14.3 Å². The van der Waals surface area contributed by atoms with Crippen LogP contribution in [0, 0.1) is 5.82 Å². The summed E-state index contributed by atoms with van der Waals surface area (Å²) in [5.41, 5.74) is -1.51. The van der Waals surface area contributed by atoms with Crippen LogP contribution in [0.3, 0.4) is 0 Å². The van der Waals surface area contributed by atoms with Crippen LogP contribution in [0.2, 0.25) is 0 Å². The molecule has 0 unspecified atom stereocenters. The van der Waals surface area contributed by atoms with Crippen LogP contribution in [0.25, 0.3) is 0 Å². The van der Waals surface area contributed by atoms with Gasteiger partial charge in [-0.3, -0.25) is 14.3 Å². The van der Waals surface area contributed by atoms with E-state index in [0.29, 0.717) is 23.5 Å². The lowest BCUT2D eigenvalue weighted by atomic mass is 10.2. The Kier molecular flexibility index (Phi) is 8.11. The standard InChI is InChI=1S/C15H5F18NO3/c16-5-3-1-2-4-6(5)34-7(35)8(17,11(21,22)23)36-15(32,33)10(20,13(27,28)29)37-14(30,31)9(18,19)12(24,25)26/h1-4H,(H,34,35)/t8-,10-/m0/s1. The van der Waals surface area contributed by atoms with Crippen LogP contribution >= 0.6 is 0 Å². The topological polar surface area (TPSA) is 47.6 Å². The average Bonchev–Trinajstić information content (AvgIpc) is 2.66. The fraction of sp³-hybridized carbons (Fsp3) is 0.533. The van der Waals surface area contributed by atoms with E-state index in [9.17, 15) is 83.8 Å². The molecule has 37 heavy (non-hydrogen) atoms. The van der Waals surface area contributed by atoms with Crippen molar-refractivity contribution in [3.8, 4) is 0 Å². The molecule has 0 bridgehead atoms. The lowest BCUT2D eigenvalue weighted by molar-refractivity contribution is -0.548. The van der Waals surface area contributed by atoms with Crippen molar-refractivity contribution in [1.29, 1.82) is 0 Å². The van der Waals surface area contributed by atoms with Crippen LogP contribution in [-0.4, -0.2) is 54.3 Å². The number of nitrogens with one attached hydrogen (secondary N) is 1. The second-order valence-corrected chi connectivity index (χ2v) is 6.43. The lowest BCUT2D eigenvalue weighted by Crippen LogP contribution is -2.68. The Morgan fingerprint density at radius 1 is 0.622 bits per heavy atom. The Hall–Kier alpha value is -2.65. The van der Waals surface area contributed by atoms with Crippen molar-refractivity contribution in [2.45, 2.75) is 48.4 Å². The van der Waals surface area contributed by atoms with Gasteiger partial charge in [-0.2, -0.15) is 74.6 Å². The third kappa shape index (κ3) is 5.77. The number of ether oxygens (including phenoxy) is 2. The maximum Gasteiger partial charge on any atom is 0.462 e. The maximum atomic E-state index is 14.3. The zero-order valence-electron chi connectivity index (χ0n) is 16.3. The first-order chi connectivity index (χ1) is 16.1. The molecule has 2 atom stereocenters. The molecule has 0 radical (unpaired) electrons. The van der Waals surface area contributed by atoms with Crippen LogP contribution < -0.4 is 5.32 Å². The van der Waals surface area contributed by atoms with Crippen molar-refractivity contribution >= 4 is 11.6 Å². The van der Waals surface area contributed by atoms with E-state index in [1.807, 2.05) is 4.74 Å². The summed E-state index contributed by atoms with van der Waals surface area (Å²) in [4.78, 5) is 11.6. The highest BCUT2D eigenvalue weighted by Gasteiger charge is 2.85. The fourth-order valence-corrected chi connectivity index (χ4v) is 1.93. The molecule has 1 aromatic rings. The molecule has 1 N–H and O–H groups in total. The normalized spacial score (nSPS) is 17.7. The molecule has 0 aliphatic carbocycles. The fourth-order valence-electron chi connectivity index (χ4n) is 1.93. The SMILES string of the molecule is O=C(Nc1ccccc1F)[C@](F)(OC(F)(F)[C@@](F)(OC(F)(F)C(F)(F)C(F)(F)F)C(F)(F)F)C(F)(F)F. The Balaban J connectivity index is 3.64. The van der Waals surface area contributed by atoms with Gasteiger partial charge in [0.15, 0.2) is 0 Å². The highest BCUT2D eigenvalue weighted by molar-refractivity contribution is 5.97. The summed E-state index contributed by atoms with van der Waals surface area (Å²) < 4.78 is 238. The van der Waals surface area contributed by atoms with E-state index in [0.717, 1.165) is 6.07 Å². The van der Waals surface area contributed by atoms with Crippen molar-refractivity contribution in [3.63, 3.8) is 0 Å². The van der Waals surface area contributed by atoms with Gasteiger partial charge in [-0.25, -0.2) is 4.39 Å². The van der Waals surface area contributed by atoms with Crippen molar-refractivity contribution in [1.82, 2.24) is 0 Å². The number of carbonyl (C=O) groups is 1. The number of para-hydroxylation sites is 1. The van der Waals surface area contributed by atoms with Gasteiger partial charge in [0.25, 0.3) is 5.91 Å². The molecule has 0 aromatic heterocycles. The number of hydrogen-bond donors (Lipinski definition) is 1. The number of carbonyl (C=O) groups excluding carboxylic acids is 1. The predicted octanol–water partition coefficient (Wildman–Crippen LogP) is 6.64. The van der Waals surface area contributed by atoms with E-state index < -0.39 is 65.8 Å². The summed E-state index contributed by atoms with van der Waals surface area (Å²) in [5, 5.41) is 0.534. The van der Waals surface area contributed by atoms with Gasteiger partial charge in [-0.1, -0.05) is 12.1 Å². The van der Waals surface area contributed by atoms with Crippen molar-refractivity contribution in [2.75, 3.05) is 5.32 Å². The van der Waals surface area contributed by atoms with Crippen LogP contribution in [0.5, 0.6) is 0 Å². The molecule has 4 nitrogen and oxygen atoms in total. The first-order valence-corrected chi connectivity index (χ1v) is 8.25. The number of hydrogen-bond acceptors (Lipinski definition) is 3. The minimum atomic E-state index is -8.13. The van der Waals surface area contributed by atoms with E-state index in [1.165, 1.54) is 4.74 Å². The Bertz CT molecular complexity index is 986. The third-order valence-electron chi connectivity index (χ3n) is 3.78. The average molecular weight is 589 g/mol. The molecule has 0 spiro atoms. The molecule has 22 heteroatoms. The molecule has 0 aliphatic rings. The van der Waals surface area contributed by atoms with Gasteiger partial charge in [0.2, 0.25) is 0 Å². The number of alkyl halides is 17. The molecule has 0 aliphatic heterocycles. The molecule has 0 saturated carbocycles. The van der Waals surface area contributed by atoms with E-state index in [-0.39, 0.29) is 0 Å². The number of benzene rings is 1. The van der Waals surface area contributed by atoms with E-state index in [1.54, 1.807) is 0 Å². The first kappa shape index (κ1) is 32.4. The molecule has 1 aromatic carbocycles. The first-order valence-electron chi connectivity index (χ1n) is 8.25. The van der Waals surface area contributed by atoms with Gasteiger partial charge in [0.05, 0.1) is 5.69 Å². The summed E-state index contributed by atoms with van der Waals surface area (Å²) in [6.07, 6.45) is -38.9. The second kappa shape index (κ2) is 9.27. The zero-order valence-corrected chi connectivity index (χ0v) is 16.3. The minimum absolute atomic E-state index is 0.292. The highest BCUT2D eigenvalue weighted by Crippen LogP contribution is 2.56. The van der Waals surface area contributed by atoms with E-state index >= 15 is 0 Å². The van der Waals surface area contributed by atoms with Crippen molar-refractivity contribution in [2.24, 2.45) is 0 Å². The molecule has 1 rings (SSSR count). The summed E-state index contributed by atoms with van der Waals surface area (Å²) in [7, 11) is 0. The monoisotopic (exact) mass is 589 g/mol. The van der Waals surface area contributed by atoms with Gasteiger partial charge >= 0.3 is 48.4 Å². The van der Waals surface area contributed by atoms with E-state index in [4.69, 9.17) is 0 Å². The van der Waals surface area contributed by atoms with Crippen molar-refractivity contribution < 1.29 is 93.3 Å². The highest BCUT2D eigenvalue weighted by atomic mass is 19.4. The lowest BCUT2D eigenvalue weighted by Gasteiger charge is -2.40. The molecular weight excluding hydrogens is 584 g/mol. The van der Waals surface area contributed by atoms with Crippen molar-refractivity contribution in [3.05, 3.63) is 30.1 Å². The predicted molar refractivity (Wildman–Crippen MR) is 77.9 cm³/mol. The third-order valence-corrected chi connectivity index (χ3v) is 3.78. The number of rotatable bonds is 8. The van der Waals surface area contributed by atoms with Gasteiger partial charge < -0.3 is 5.32 Å². The molecule has 0 fully saturated rings. The van der Waals surface area contributed by atoms with Crippen LogP contribution in [0.15, 0.2) is 24.3 Å². The molecular formula is C15H5F18NO3. The van der Waals surface area contributed by atoms with Gasteiger partial charge in [-0.05, 0) is 12.1 Å². The Morgan fingerprint density at radius 2 is 1.08 bits per heavy atom. The second-order valence-electron chi connectivity index (χ2n) is 6.43. The number of anilines is 1. The molecule has 0 saturated heterocycles. The van der Waals surface area contributed by atoms with Crippen LogP contribution in [0.1, 0.15) is 0 Å². The molecule has 1 amide bonds. The molecule has 214 valence electrons. The van der Waals surface area contributed by atoms with Crippen LogP contribution in [0.4, 0.5) is 84.7 Å².